The SMILES string of the molecule is CO[C@H]1C[C@@H]2CC[C@@H](C)[C@@](O)(O2)C(=O)C(=O)N2CCCC[C@H]2C(=O)O[C@H]([C@H](C)C[C@@H]2CC[C@@H](OC(=O)N3CCc4nc(N5CCN(c6ncc(C(=O)NCCOCCOCCOCCOCCC(=O)N7CCc8cc(Cn9nc(-c%10ccc%11oc(N)nc%11c%10)c%10c(N)ncnc%109)ccc8C7)cn6)CC5)ncc4C3)[C@H](OC)C2)C[C@@H](OC)[C@H](C)/C=C(\C)[C@@H](O)[C@@H](OC)C(=O)[C@H](C)C[C@H](C)/C=C/C=C/C=C/1C. The third kappa shape index (κ3) is 26.4. The van der Waals surface area contributed by atoms with Crippen LogP contribution in [0.1, 0.15) is 170 Å². The van der Waals surface area contributed by atoms with Crippen LogP contribution in [0.15, 0.2) is 113 Å². The number of Topliss-reactive ketones (excluding diaryl/α,β-unsaturated/α-hetero) is 2. The molecule has 0 unspecified atom stereocenters. The number of hydrogen-bond acceptors (Lipinski definition) is 33. The second kappa shape index (κ2) is 49.5. The number of esters is 1. The van der Waals surface area contributed by atoms with Gasteiger partial charge in [0.25, 0.3) is 23.6 Å². The quantitative estimate of drug-likeness (QED) is 0.0126. The van der Waals surface area contributed by atoms with E-state index in [-0.39, 0.29) is 93.5 Å². The summed E-state index contributed by atoms with van der Waals surface area (Å²) in [4.78, 5) is 140. The van der Waals surface area contributed by atoms with E-state index >= 15 is 4.79 Å². The number of cyclic esters (lactones) is 1. The molecule has 0 spiro atoms. The summed E-state index contributed by atoms with van der Waals surface area (Å²) in [5.74, 6) is -6.31. The maximum Gasteiger partial charge on any atom is 0.410 e. The third-order valence-corrected chi connectivity index (χ3v) is 28.4. The number of ketones is 2. The lowest BCUT2D eigenvalue weighted by atomic mass is 9.78. The maximum atomic E-state index is 15.1. The number of nitrogens with two attached hydrogens (primary N) is 2. The maximum absolute atomic E-state index is 15.1. The molecule has 7 aromatic rings. The van der Waals surface area contributed by atoms with Gasteiger partial charge in [-0.2, -0.15) is 10.1 Å². The summed E-state index contributed by atoms with van der Waals surface area (Å²) in [7, 11) is 6.18. The van der Waals surface area contributed by atoms with Gasteiger partial charge in [-0.3, -0.25) is 24.0 Å². The number of amides is 4. The number of anilines is 4. The summed E-state index contributed by atoms with van der Waals surface area (Å²) < 4.78 is 73.3. The van der Waals surface area contributed by atoms with Crippen molar-refractivity contribution in [2.45, 2.75) is 225 Å². The number of nitrogens with zero attached hydrogens (tertiary/aromatic N) is 14. The van der Waals surface area contributed by atoms with Crippen LogP contribution in [0.4, 0.5) is 28.5 Å². The number of fused-ring (bicyclic) bond motifs is 7. The van der Waals surface area contributed by atoms with Crippen molar-refractivity contribution >= 4 is 87.2 Å². The number of rotatable bonds is 29. The second-order valence-electron chi connectivity index (χ2n) is 38.2. The number of aliphatic hydroxyl groups excluding tert-OH is 1. The van der Waals surface area contributed by atoms with E-state index in [0.29, 0.717) is 219 Å². The highest BCUT2D eigenvalue weighted by atomic mass is 16.6. The molecule has 38 heteroatoms. The number of ether oxygens (including phenoxy) is 11. The topological polar surface area (TPSA) is 463 Å². The summed E-state index contributed by atoms with van der Waals surface area (Å²) in [6, 6.07) is 10.8. The van der Waals surface area contributed by atoms with Crippen molar-refractivity contribution in [1.29, 1.82) is 0 Å². The number of nitrogen functional groups attached to an aromatic ring is 2. The Balaban J connectivity index is 0.480. The zero-order valence-corrected chi connectivity index (χ0v) is 82.5. The van der Waals surface area contributed by atoms with Gasteiger partial charge in [-0.05, 0) is 148 Å². The molecule has 7 N–H and O–H groups in total. The monoisotopic (exact) mass is 1940 g/mol. The molecule has 38 nitrogen and oxygen atoms in total. The van der Waals surface area contributed by atoms with Gasteiger partial charge in [0.2, 0.25) is 23.6 Å². The van der Waals surface area contributed by atoms with Crippen LogP contribution >= 0.6 is 0 Å². The van der Waals surface area contributed by atoms with Crippen LogP contribution in [0.5, 0.6) is 0 Å². The summed E-state index contributed by atoms with van der Waals surface area (Å²) in [5.41, 5.74) is 22.1. The predicted octanol–water partition coefficient (Wildman–Crippen LogP) is 9.67. The highest BCUT2D eigenvalue weighted by Crippen LogP contribution is 2.41. The number of carbonyl (C=O) groups is 7. The number of benzene rings is 2. The normalized spacial score (nSPS) is 27.2. The van der Waals surface area contributed by atoms with Crippen molar-refractivity contribution in [2.75, 3.05) is 155 Å². The van der Waals surface area contributed by atoms with Crippen molar-refractivity contribution in [3.05, 3.63) is 142 Å². The van der Waals surface area contributed by atoms with E-state index in [2.05, 4.69) is 58.2 Å². The molecule has 140 heavy (non-hydrogen) atoms. The highest BCUT2D eigenvalue weighted by Gasteiger charge is 2.54. The molecule has 758 valence electrons. The predicted molar refractivity (Wildman–Crippen MR) is 520 cm³/mol. The van der Waals surface area contributed by atoms with E-state index < -0.39 is 102 Å². The summed E-state index contributed by atoms with van der Waals surface area (Å²) in [6.07, 6.45) is 18.3. The average molecular weight is 1940 g/mol. The molecule has 5 aromatic heterocycles. The molecule has 4 fully saturated rings. The van der Waals surface area contributed by atoms with Crippen molar-refractivity contribution in [3.8, 4) is 11.3 Å². The van der Waals surface area contributed by atoms with Gasteiger partial charge in [-0.1, -0.05) is 89.3 Å². The highest BCUT2D eigenvalue weighted by molar-refractivity contribution is 6.39. The first kappa shape index (κ1) is 105. The first-order chi connectivity index (χ1) is 67.6. The minimum Gasteiger partial charge on any atom is -0.460 e. The number of methoxy groups -OCH3 is 4. The number of piperidine rings is 1. The zero-order valence-electron chi connectivity index (χ0n) is 82.5. The van der Waals surface area contributed by atoms with Crippen molar-refractivity contribution in [3.63, 3.8) is 0 Å². The van der Waals surface area contributed by atoms with Gasteiger partial charge >= 0.3 is 12.1 Å². The lowest BCUT2D eigenvalue weighted by Crippen LogP contribution is -2.61. The Hall–Kier alpha value is -11.2. The van der Waals surface area contributed by atoms with E-state index in [9.17, 15) is 39.0 Å². The van der Waals surface area contributed by atoms with Gasteiger partial charge in [-0.25, -0.2) is 44.2 Å². The molecule has 14 rings (SSSR count). The molecule has 1 aliphatic carbocycles. The smallest absolute Gasteiger partial charge is 0.410 e. The van der Waals surface area contributed by atoms with Crippen molar-refractivity contribution in [1.82, 2.24) is 64.7 Å². The largest absolute Gasteiger partial charge is 0.460 e. The number of allylic oxidation sites excluding steroid dienone is 5. The third-order valence-electron chi connectivity index (χ3n) is 28.4. The first-order valence-corrected chi connectivity index (χ1v) is 49.3. The number of aromatic nitrogens is 9. The molecular weight excluding hydrogens is 1800 g/mol. The number of oxazole rings is 1. The van der Waals surface area contributed by atoms with Gasteiger partial charge in [0, 0.05) is 154 Å². The summed E-state index contributed by atoms with van der Waals surface area (Å²) in [5, 5.41) is 32.6. The van der Waals surface area contributed by atoms with Gasteiger partial charge in [-0.15, -0.1) is 0 Å². The molecule has 2 bridgehead atoms. The Bertz CT molecular complexity index is 5530. The minimum absolute atomic E-state index is 0.00207. The second-order valence-corrected chi connectivity index (χ2v) is 38.2. The number of piperazine rings is 1. The Kier molecular flexibility index (Phi) is 37.0. The van der Waals surface area contributed by atoms with Gasteiger partial charge < -0.3 is 108 Å². The lowest BCUT2D eigenvalue weighted by molar-refractivity contribution is -0.265. The molecule has 2 aromatic carbocycles. The van der Waals surface area contributed by atoms with Crippen LogP contribution in [0.2, 0.25) is 0 Å². The first-order valence-electron chi connectivity index (χ1n) is 49.3. The fourth-order valence-electron chi connectivity index (χ4n) is 20.1. The van der Waals surface area contributed by atoms with E-state index in [4.69, 9.17) is 83.1 Å². The van der Waals surface area contributed by atoms with Gasteiger partial charge in [0.1, 0.15) is 53.8 Å². The zero-order chi connectivity index (χ0) is 99.3. The van der Waals surface area contributed by atoms with Crippen LogP contribution in [0, 0.1) is 35.5 Å². The summed E-state index contributed by atoms with van der Waals surface area (Å²) in [6.45, 7) is 20.8. The fourth-order valence-corrected chi connectivity index (χ4v) is 20.1. The van der Waals surface area contributed by atoms with E-state index in [1.54, 1.807) is 52.3 Å². The van der Waals surface area contributed by atoms with E-state index in [1.807, 2.05) is 92.8 Å². The van der Waals surface area contributed by atoms with Crippen LogP contribution in [-0.4, -0.2) is 305 Å². The number of carbonyl (C=O) groups excluding carboxylic acids is 7. The van der Waals surface area contributed by atoms with Crippen LogP contribution in [0.25, 0.3) is 33.4 Å². The van der Waals surface area contributed by atoms with Crippen molar-refractivity contribution in [2.24, 2.45) is 35.5 Å². The molecule has 16 atom stereocenters. The minimum atomic E-state index is -2.47. The molecule has 6 aliphatic heterocycles. The van der Waals surface area contributed by atoms with E-state index in [1.165, 1.54) is 36.3 Å². The number of aliphatic hydroxyl groups is 2. The van der Waals surface area contributed by atoms with Crippen LogP contribution < -0.4 is 26.6 Å². The van der Waals surface area contributed by atoms with Crippen molar-refractivity contribution < 1.29 is 100 Å². The Labute approximate surface area is 817 Å². The molecular formula is C102H139N17O21. The number of hydrogen-bond donors (Lipinski definition) is 5. The Morgan fingerprint density at radius 3 is 2.12 bits per heavy atom. The Morgan fingerprint density at radius 1 is 0.671 bits per heavy atom. The molecule has 0 radical (unpaired) electrons. The molecule has 1 saturated carbocycles. The van der Waals surface area contributed by atoms with Crippen LogP contribution in [0.3, 0.4) is 0 Å². The Morgan fingerprint density at radius 2 is 1.39 bits per heavy atom. The number of nitrogens with one attached hydrogen (secondary N) is 1. The summed E-state index contributed by atoms with van der Waals surface area (Å²) >= 11 is 0. The molecule has 7 aliphatic rings. The molecule has 11 heterocycles. The van der Waals surface area contributed by atoms with Crippen LogP contribution in [-0.2, 0) is 109 Å². The van der Waals surface area contributed by atoms with Gasteiger partial charge in [0.05, 0.1) is 113 Å². The molecule has 4 amide bonds. The standard InChI is InChI=1S/C102H139N17O21/c1-62-17-13-12-14-18-63(2)82(129-8)53-76-25-20-68(7)102(128,140-76)92(123)96(125)118-32-16-15-19-79(118)97(126)137-84(54-83(130-9)64(3)48-67(6)90(122)91(132-11)89(121)66(5)47-62)65(4)49-69-22-26-81(85(51-69)131-10)139-101(127)117-34-29-77-75(60-117)57-108-100(112-77)115-37-35-114(36-38-115)99-106-55-74(56-107-99)95(124)105-31-40-134-42-44-136-46-45-135-43-41-133-39-30-86(120)116-33-28-71-50-70(21-23-73(71)59-116)58-119-94-87(93(103)109-61-110-94)88(113-119)72-24-27-80-78(52-72)111-98(104)138-80/h12-14,17-18,21,23-24,27,48,50,52,55-57,61-62,64-66,68-69,76,79,81-85,90-91,122,128H,15-16,19-20,22,25-26,28-47,49,51,53-54,58-60H2,1-11H3,(H2,104,111)(H,105,124)(H2,103,109,110)/b14-12+,17-13+,63-18+,67-48+/t62-,64-,65-,66-,68-,69+,76+,79+,81-,82+,83-,84+,85-,90-,91+,102-/m1/s1. The average Bonchev–Trinajstić information content (AvgIpc) is 1.66. The molecule has 3 saturated heterocycles. The fraction of sp³-hybridized carbons (Fsp3) is 0.598. The van der Waals surface area contributed by atoms with Gasteiger partial charge in [0.15, 0.2) is 17.0 Å². The van der Waals surface area contributed by atoms with E-state index in [0.717, 1.165) is 39.9 Å². The lowest BCUT2D eigenvalue weighted by Gasteiger charge is -2.43.